The molecule has 1 aromatic carbocycles. The molecular weight excluding hydrogens is 296 g/mol. The van der Waals surface area contributed by atoms with Crippen LogP contribution in [0.2, 0.25) is 0 Å². The Labute approximate surface area is 131 Å². The first-order valence-corrected chi connectivity index (χ1v) is 6.79. The van der Waals surface area contributed by atoms with Gasteiger partial charge in [0.05, 0.1) is 17.2 Å². The third-order valence-electron chi connectivity index (χ3n) is 3.19. The zero-order valence-electron chi connectivity index (χ0n) is 12.5. The van der Waals surface area contributed by atoms with E-state index in [2.05, 4.69) is 15.5 Å². The Hall–Kier alpha value is -3.40. The largest absolute Gasteiger partial charge is 0.466 e. The van der Waals surface area contributed by atoms with Crippen LogP contribution in [-0.2, 0) is 0 Å². The third-order valence-corrected chi connectivity index (χ3v) is 3.19. The van der Waals surface area contributed by atoms with Crippen LogP contribution in [0.3, 0.4) is 0 Å². The molecule has 0 unspecified atom stereocenters. The van der Waals surface area contributed by atoms with E-state index in [1.54, 1.807) is 37.3 Å². The number of hydrogen-bond acceptors (Lipinski definition) is 6. The molecule has 0 fully saturated rings. The first-order chi connectivity index (χ1) is 11.1. The van der Waals surface area contributed by atoms with Gasteiger partial charge in [0, 0.05) is 5.56 Å². The second kappa shape index (κ2) is 5.77. The van der Waals surface area contributed by atoms with Gasteiger partial charge in [-0.3, -0.25) is 10.1 Å². The summed E-state index contributed by atoms with van der Waals surface area (Å²) in [6.45, 7) is 3.61. The molecule has 7 nitrogen and oxygen atoms in total. The van der Waals surface area contributed by atoms with Crippen molar-refractivity contribution in [3.8, 4) is 17.5 Å². The van der Waals surface area contributed by atoms with Gasteiger partial charge in [0.25, 0.3) is 11.8 Å². The van der Waals surface area contributed by atoms with Crippen LogP contribution in [0.15, 0.2) is 39.2 Å². The van der Waals surface area contributed by atoms with Crippen LogP contribution in [0.1, 0.15) is 27.4 Å². The number of aryl methyl sites for hydroxylation is 2. The van der Waals surface area contributed by atoms with Crippen molar-refractivity contribution in [3.05, 3.63) is 53.0 Å². The lowest BCUT2D eigenvalue weighted by Crippen LogP contribution is -2.11. The Morgan fingerprint density at radius 3 is 2.52 bits per heavy atom. The number of nitriles is 1. The van der Waals surface area contributed by atoms with Crippen LogP contribution in [0, 0.1) is 25.2 Å². The summed E-state index contributed by atoms with van der Waals surface area (Å²) < 4.78 is 10.8. The summed E-state index contributed by atoms with van der Waals surface area (Å²) in [4.78, 5) is 12.1. The molecule has 7 heteroatoms. The number of nitrogens with zero attached hydrogens (tertiary/aromatic N) is 3. The second-order valence-electron chi connectivity index (χ2n) is 4.88. The monoisotopic (exact) mass is 308 g/mol. The number of carbonyl (C=O) groups excluding carboxylic acids is 1. The van der Waals surface area contributed by atoms with Gasteiger partial charge in [-0.15, -0.1) is 5.10 Å². The SMILES string of the molecule is Cc1cc(-c2nnc(NC(=O)c3ccc(C#N)cc3)o2)c(C)o1. The van der Waals surface area contributed by atoms with Gasteiger partial charge in [-0.2, -0.15) is 5.26 Å². The van der Waals surface area contributed by atoms with Gasteiger partial charge in [-0.1, -0.05) is 5.10 Å². The number of furan rings is 1. The smallest absolute Gasteiger partial charge is 0.322 e. The fraction of sp³-hybridized carbons (Fsp3) is 0.125. The predicted octanol–water partition coefficient (Wildman–Crippen LogP) is 3.07. The molecule has 1 N–H and O–H groups in total. The van der Waals surface area contributed by atoms with Crippen LogP contribution >= 0.6 is 0 Å². The predicted molar refractivity (Wildman–Crippen MR) is 80.6 cm³/mol. The van der Waals surface area contributed by atoms with Crippen LogP contribution in [0.5, 0.6) is 0 Å². The molecule has 114 valence electrons. The number of anilines is 1. The minimum atomic E-state index is -0.398. The van der Waals surface area contributed by atoms with Crippen LogP contribution in [-0.4, -0.2) is 16.1 Å². The lowest BCUT2D eigenvalue weighted by molar-refractivity contribution is 0.102. The molecule has 0 bridgehead atoms. The van der Waals surface area contributed by atoms with Gasteiger partial charge < -0.3 is 8.83 Å². The zero-order chi connectivity index (χ0) is 16.4. The fourth-order valence-electron chi connectivity index (χ4n) is 2.09. The van der Waals surface area contributed by atoms with E-state index in [-0.39, 0.29) is 11.9 Å². The highest BCUT2D eigenvalue weighted by Crippen LogP contribution is 2.26. The number of aromatic nitrogens is 2. The third kappa shape index (κ3) is 2.96. The minimum Gasteiger partial charge on any atom is -0.466 e. The lowest BCUT2D eigenvalue weighted by Gasteiger charge is -2.00. The van der Waals surface area contributed by atoms with E-state index in [0.717, 1.165) is 5.76 Å². The number of nitrogens with one attached hydrogen (secondary N) is 1. The Balaban J connectivity index is 1.77. The van der Waals surface area contributed by atoms with Crippen molar-refractivity contribution in [1.82, 2.24) is 10.2 Å². The van der Waals surface area contributed by atoms with E-state index < -0.39 is 5.91 Å². The molecule has 23 heavy (non-hydrogen) atoms. The standard InChI is InChI=1S/C16H12N4O3/c1-9-7-13(10(2)22-9)15-19-20-16(23-15)18-14(21)12-5-3-11(8-17)4-6-12/h3-7H,1-2H3,(H,18,20,21). The highest BCUT2D eigenvalue weighted by atomic mass is 16.4. The maximum absolute atomic E-state index is 12.1. The van der Waals surface area contributed by atoms with Crippen molar-refractivity contribution in [2.45, 2.75) is 13.8 Å². The van der Waals surface area contributed by atoms with Crippen molar-refractivity contribution in [2.75, 3.05) is 5.32 Å². The maximum Gasteiger partial charge on any atom is 0.322 e. The van der Waals surface area contributed by atoms with E-state index in [4.69, 9.17) is 14.1 Å². The number of amides is 1. The van der Waals surface area contributed by atoms with E-state index in [0.29, 0.717) is 22.5 Å². The molecule has 2 aromatic heterocycles. The maximum atomic E-state index is 12.1. The van der Waals surface area contributed by atoms with Crippen LogP contribution in [0.25, 0.3) is 11.5 Å². The molecule has 2 heterocycles. The second-order valence-corrected chi connectivity index (χ2v) is 4.88. The molecular formula is C16H12N4O3. The van der Waals surface area contributed by atoms with Crippen LogP contribution in [0.4, 0.5) is 6.01 Å². The summed E-state index contributed by atoms with van der Waals surface area (Å²) in [5.41, 5.74) is 1.56. The summed E-state index contributed by atoms with van der Waals surface area (Å²) in [5.74, 6) is 1.27. The highest BCUT2D eigenvalue weighted by Gasteiger charge is 2.16. The normalized spacial score (nSPS) is 10.3. The molecule has 0 saturated carbocycles. The van der Waals surface area contributed by atoms with Gasteiger partial charge in [0.15, 0.2) is 0 Å². The van der Waals surface area contributed by atoms with Crippen molar-refractivity contribution < 1.29 is 13.6 Å². The van der Waals surface area contributed by atoms with Crippen molar-refractivity contribution in [1.29, 1.82) is 5.26 Å². The molecule has 0 aliphatic rings. The molecule has 3 aromatic rings. The molecule has 0 spiro atoms. The Kier molecular flexibility index (Phi) is 3.65. The zero-order valence-corrected chi connectivity index (χ0v) is 12.5. The van der Waals surface area contributed by atoms with E-state index >= 15 is 0 Å². The Morgan fingerprint density at radius 2 is 1.91 bits per heavy atom. The minimum absolute atomic E-state index is 0.00684. The molecule has 0 radical (unpaired) electrons. The van der Waals surface area contributed by atoms with Gasteiger partial charge in [-0.25, -0.2) is 0 Å². The summed E-state index contributed by atoms with van der Waals surface area (Å²) in [6.07, 6.45) is 0. The molecule has 0 aliphatic carbocycles. The number of rotatable bonds is 3. The quantitative estimate of drug-likeness (QED) is 0.797. The topological polar surface area (TPSA) is 105 Å². The van der Waals surface area contributed by atoms with Crippen molar-refractivity contribution in [3.63, 3.8) is 0 Å². The Morgan fingerprint density at radius 1 is 1.17 bits per heavy atom. The number of hydrogen-bond donors (Lipinski definition) is 1. The van der Waals surface area contributed by atoms with Crippen LogP contribution < -0.4 is 5.32 Å². The Bertz CT molecular complexity index is 900. The first kappa shape index (κ1) is 14.5. The molecule has 1 amide bonds. The van der Waals surface area contributed by atoms with Crippen molar-refractivity contribution >= 4 is 11.9 Å². The van der Waals surface area contributed by atoms with E-state index in [1.165, 1.54) is 0 Å². The molecule has 0 aliphatic heterocycles. The van der Waals surface area contributed by atoms with Gasteiger partial charge in [0.2, 0.25) is 0 Å². The van der Waals surface area contributed by atoms with Gasteiger partial charge >= 0.3 is 6.01 Å². The average molecular weight is 308 g/mol. The number of carbonyl (C=O) groups is 1. The summed E-state index contributed by atoms with van der Waals surface area (Å²) in [6, 6.07) is 9.99. The first-order valence-electron chi connectivity index (χ1n) is 6.79. The van der Waals surface area contributed by atoms with Crippen molar-refractivity contribution in [2.24, 2.45) is 0 Å². The fourth-order valence-corrected chi connectivity index (χ4v) is 2.09. The summed E-state index contributed by atoms with van der Waals surface area (Å²) >= 11 is 0. The molecule has 0 saturated heterocycles. The highest BCUT2D eigenvalue weighted by molar-refractivity contribution is 6.03. The molecule has 3 rings (SSSR count). The summed E-state index contributed by atoms with van der Waals surface area (Å²) in [5, 5.41) is 19.0. The van der Waals surface area contributed by atoms with Gasteiger partial charge in [0.1, 0.15) is 11.5 Å². The summed E-state index contributed by atoms with van der Waals surface area (Å²) in [7, 11) is 0. The number of benzene rings is 1. The van der Waals surface area contributed by atoms with Gasteiger partial charge in [-0.05, 0) is 44.2 Å². The van der Waals surface area contributed by atoms with E-state index in [1.807, 2.05) is 13.0 Å². The average Bonchev–Trinajstić information content (AvgIpc) is 3.13. The lowest BCUT2D eigenvalue weighted by atomic mass is 10.1. The molecule has 0 atom stereocenters. The van der Waals surface area contributed by atoms with E-state index in [9.17, 15) is 4.79 Å².